The quantitative estimate of drug-likeness (QED) is 0.448. The molecule has 0 aliphatic carbocycles. The Balaban J connectivity index is 0. The molecule has 2 nitrogen and oxygen atoms in total. The minimum absolute atomic E-state index is 0. The summed E-state index contributed by atoms with van der Waals surface area (Å²) in [5.41, 5.74) is 0. The van der Waals surface area contributed by atoms with E-state index in [1.165, 1.54) is 4.97 Å². The Morgan fingerprint density at radius 2 is 1.75 bits per heavy atom. The van der Waals surface area contributed by atoms with Crippen LogP contribution in [0.25, 0.3) is 0 Å². The van der Waals surface area contributed by atoms with Gasteiger partial charge in [0.2, 0.25) is 0 Å². The van der Waals surface area contributed by atoms with Gasteiger partial charge in [-0.05, 0) is 0 Å². The molecule has 0 saturated carbocycles. The maximum atomic E-state index is 7.12. The Morgan fingerprint density at radius 1 is 1.75 bits per heavy atom. The van der Waals surface area contributed by atoms with E-state index in [2.05, 4.69) is 16.0 Å². The number of hydrogen-bond acceptors (Lipinski definition) is 2. The van der Waals surface area contributed by atoms with Crippen LogP contribution in [0.2, 0.25) is 0 Å². The average Bonchev–Trinajstić information content (AvgIpc) is 0.918. The summed E-state index contributed by atoms with van der Waals surface area (Å²) in [6.45, 7) is 0. The van der Waals surface area contributed by atoms with Gasteiger partial charge in [0.1, 0.15) is 0 Å². The summed E-state index contributed by atoms with van der Waals surface area (Å²) in [5, 5.41) is 7.12. The molecule has 0 amide bonds. The summed E-state index contributed by atoms with van der Waals surface area (Å²) in [5.74, 6) is 0. The van der Waals surface area contributed by atoms with Crippen molar-refractivity contribution in [2.75, 3.05) is 0 Å². The SMILES string of the molecule is N.N#[C][Cu]. The molecular weight excluding hydrogens is 104 g/mol. The summed E-state index contributed by atoms with van der Waals surface area (Å²) in [7, 11) is 0. The zero-order valence-electron chi connectivity index (χ0n) is 1.96. The fourth-order valence-electron chi connectivity index (χ4n) is 0. The molecule has 0 aromatic heterocycles. The first-order valence-corrected chi connectivity index (χ1v) is 0.845. The molecule has 28 valence electrons. The van der Waals surface area contributed by atoms with Crippen LogP contribution in [0, 0.1) is 10.2 Å². The fraction of sp³-hybridized carbons (Fsp3) is 0. The van der Waals surface area contributed by atoms with E-state index >= 15 is 0 Å². The molecule has 0 aliphatic heterocycles. The van der Waals surface area contributed by atoms with Crippen LogP contribution in [0.5, 0.6) is 0 Å². The van der Waals surface area contributed by atoms with Crippen LogP contribution in [-0.4, -0.2) is 0 Å². The number of hydrogen-bond donors (Lipinski definition) is 1. The number of nitrogens with zero attached hydrogens (tertiary/aromatic N) is 1. The predicted molar refractivity (Wildman–Crippen MR) is 10.6 cm³/mol. The summed E-state index contributed by atoms with van der Waals surface area (Å²) < 4.78 is 0. The van der Waals surface area contributed by atoms with Crippen LogP contribution in [0.15, 0.2) is 0 Å². The van der Waals surface area contributed by atoms with Crippen molar-refractivity contribution < 1.29 is 16.0 Å². The van der Waals surface area contributed by atoms with Crippen molar-refractivity contribution in [1.29, 1.82) is 5.26 Å². The van der Waals surface area contributed by atoms with Crippen molar-refractivity contribution >= 4 is 0 Å². The average molecular weight is 107 g/mol. The Labute approximate surface area is 33.2 Å². The second-order valence-corrected chi connectivity index (χ2v) is 0.278. The van der Waals surface area contributed by atoms with Crippen LogP contribution in [-0.2, 0) is 16.0 Å². The van der Waals surface area contributed by atoms with E-state index in [0.717, 1.165) is 0 Å². The third-order valence-electron chi connectivity index (χ3n) is 0. The molecule has 3 N–H and O–H groups in total. The summed E-state index contributed by atoms with van der Waals surface area (Å²) >= 11 is 3.81. The Kier molecular flexibility index (Phi) is 27.6. The van der Waals surface area contributed by atoms with Crippen LogP contribution < -0.4 is 6.15 Å². The van der Waals surface area contributed by atoms with Crippen molar-refractivity contribution in [3.63, 3.8) is 0 Å². The van der Waals surface area contributed by atoms with Crippen LogP contribution in [0.1, 0.15) is 0 Å². The monoisotopic (exact) mass is 106 g/mol. The normalized spacial score (nSPS) is 2.25. The van der Waals surface area contributed by atoms with Crippen molar-refractivity contribution in [2.45, 2.75) is 0 Å². The fourth-order valence-corrected chi connectivity index (χ4v) is 0. The van der Waals surface area contributed by atoms with E-state index in [0.29, 0.717) is 0 Å². The van der Waals surface area contributed by atoms with Gasteiger partial charge in [-0.2, -0.15) is 0 Å². The van der Waals surface area contributed by atoms with Crippen LogP contribution in [0.3, 0.4) is 0 Å². The molecule has 0 spiro atoms. The molecule has 0 bridgehead atoms. The van der Waals surface area contributed by atoms with Gasteiger partial charge in [0.05, 0.1) is 0 Å². The third kappa shape index (κ3) is 1990. The van der Waals surface area contributed by atoms with Crippen molar-refractivity contribution in [3.8, 4) is 4.97 Å². The second-order valence-electron chi connectivity index (χ2n) is 0.0674. The summed E-state index contributed by atoms with van der Waals surface area (Å²) in [6.07, 6.45) is 0. The van der Waals surface area contributed by atoms with Crippen molar-refractivity contribution in [1.82, 2.24) is 6.15 Å². The van der Waals surface area contributed by atoms with Gasteiger partial charge in [0.25, 0.3) is 0 Å². The summed E-state index contributed by atoms with van der Waals surface area (Å²) in [6, 6.07) is 0. The van der Waals surface area contributed by atoms with Crippen molar-refractivity contribution in [3.05, 3.63) is 0 Å². The zero-order chi connectivity index (χ0) is 2.71. The first-order valence-electron chi connectivity index (χ1n) is 0.374. The first kappa shape index (κ1) is 9.02. The molecule has 0 saturated heterocycles. The molecule has 0 aliphatic rings. The molecule has 0 aromatic carbocycles. The maximum absolute atomic E-state index is 7.12. The molecule has 0 radical (unpaired) electrons. The predicted octanol–water partition coefficient (Wildman–Crippen LogP) is 0.176. The van der Waals surface area contributed by atoms with E-state index in [1.54, 1.807) is 0 Å². The molecule has 0 aromatic rings. The minimum atomic E-state index is 0. The second kappa shape index (κ2) is 12.3. The molecule has 0 heterocycles. The van der Waals surface area contributed by atoms with Gasteiger partial charge >= 0.3 is 26.2 Å². The molecule has 0 rings (SSSR count). The molecule has 0 fully saturated rings. The van der Waals surface area contributed by atoms with E-state index in [-0.39, 0.29) is 6.15 Å². The van der Waals surface area contributed by atoms with Gasteiger partial charge in [-0.15, -0.1) is 0 Å². The summed E-state index contributed by atoms with van der Waals surface area (Å²) in [4.78, 5) is 1.31. The number of rotatable bonds is 0. The van der Waals surface area contributed by atoms with Gasteiger partial charge in [-0.25, -0.2) is 0 Å². The van der Waals surface area contributed by atoms with Gasteiger partial charge in [-0.3, -0.25) is 0 Å². The molecule has 0 unspecified atom stereocenters. The van der Waals surface area contributed by atoms with Crippen molar-refractivity contribution in [2.24, 2.45) is 0 Å². The number of nitriles is 1. The third-order valence-corrected chi connectivity index (χ3v) is 0. The first-order chi connectivity index (χ1) is 1.41. The van der Waals surface area contributed by atoms with E-state index < -0.39 is 0 Å². The van der Waals surface area contributed by atoms with E-state index in [1.807, 2.05) is 0 Å². The molecule has 3 heteroatoms. The Bertz CT molecular complexity index is 27.5. The Morgan fingerprint density at radius 3 is 1.75 bits per heavy atom. The van der Waals surface area contributed by atoms with Crippen LogP contribution >= 0.6 is 0 Å². The topological polar surface area (TPSA) is 58.8 Å². The van der Waals surface area contributed by atoms with Gasteiger partial charge < -0.3 is 6.15 Å². The van der Waals surface area contributed by atoms with Gasteiger partial charge in [0, 0.05) is 0 Å². The Hall–Kier alpha value is -0.0305. The van der Waals surface area contributed by atoms with Gasteiger partial charge in [0.15, 0.2) is 0 Å². The van der Waals surface area contributed by atoms with E-state index in [4.69, 9.17) is 5.26 Å². The van der Waals surface area contributed by atoms with Gasteiger partial charge in [-0.1, -0.05) is 0 Å². The molecule has 4 heavy (non-hydrogen) atoms. The molecular formula is CH3CuN2. The van der Waals surface area contributed by atoms with E-state index in [9.17, 15) is 0 Å². The standard InChI is InChI=1S/CN.Cu.H3N/c1-2;;/h;;1H3. The zero-order valence-corrected chi connectivity index (χ0v) is 2.90. The molecule has 0 atom stereocenters. The van der Waals surface area contributed by atoms with Crippen LogP contribution in [0.4, 0.5) is 0 Å².